The van der Waals surface area contributed by atoms with Crippen LogP contribution in [-0.4, -0.2) is 38.1 Å². The van der Waals surface area contributed by atoms with E-state index in [-0.39, 0.29) is 11.4 Å². The number of aromatic amines is 1. The second-order valence-electron chi connectivity index (χ2n) is 4.41. The van der Waals surface area contributed by atoms with Gasteiger partial charge in [0.05, 0.1) is 11.6 Å². The van der Waals surface area contributed by atoms with Crippen LogP contribution in [0.25, 0.3) is 0 Å². The van der Waals surface area contributed by atoms with Gasteiger partial charge in [-0.1, -0.05) is 12.1 Å². The minimum Gasteiger partial charge on any atom is -0.368 e. The van der Waals surface area contributed by atoms with Gasteiger partial charge in [-0.25, -0.2) is 9.37 Å². The first-order chi connectivity index (χ1) is 10.1. The molecule has 0 fully saturated rings. The lowest BCUT2D eigenvalue weighted by atomic mass is 10.2. The van der Waals surface area contributed by atoms with Gasteiger partial charge in [-0.05, 0) is 19.4 Å². The van der Waals surface area contributed by atoms with Gasteiger partial charge < -0.3 is 10.6 Å². The number of anilines is 1. The zero-order valence-electron chi connectivity index (χ0n) is 11.7. The number of tetrazole rings is 1. The van der Waals surface area contributed by atoms with Crippen LogP contribution in [0.5, 0.6) is 0 Å². The van der Waals surface area contributed by atoms with E-state index in [1.807, 2.05) is 6.92 Å². The van der Waals surface area contributed by atoms with Crippen LogP contribution in [0.3, 0.4) is 0 Å². The van der Waals surface area contributed by atoms with Gasteiger partial charge in [0.1, 0.15) is 0 Å². The van der Waals surface area contributed by atoms with Crippen LogP contribution < -0.4 is 10.6 Å². The molecule has 1 unspecified atom stereocenters. The molecule has 1 atom stereocenters. The maximum absolute atomic E-state index is 14.2. The number of hydrogen-bond acceptors (Lipinski definition) is 6. The van der Waals surface area contributed by atoms with E-state index in [9.17, 15) is 9.18 Å². The van der Waals surface area contributed by atoms with Crippen molar-refractivity contribution in [1.82, 2.24) is 30.9 Å². The summed E-state index contributed by atoms with van der Waals surface area (Å²) < 4.78 is 14.2. The molecule has 2 aromatic rings. The van der Waals surface area contributed by atoms with Crippen molar-refractivity contribution < 1.29 is 9.18 Å². The van der Waals surface area contributed by atoms with E-state index in [4.69, 9.17) is 0 Å². The summed E-state index contributed by atoms with van der Waals surface area (Å²) in [7, 11) is 0. The molecule has 0 aliphatic carbocycles. The molecule has 2 rings (SSSR count). The lowest BCUT2D eigenvalue weighted by molar-refractivity contribution is 0.0934. The SMILES string of the molecule is CCCNc1nccc(C(=O)NC(C)c2nn[nH]n2)c1F. The first kappa shape index (κ1) is 14.8. The van der Waals surface area contributed by atoms with Gasteiger partial charge in [0.25, 0.3) is 5.91 Å². The van der Waals surface area contributed by atoms with Gasteiger partial charge in [0.2, 0.25) is 0 Å². The van der Waals surface area contributed by atoms with E-state index < -0.39 is 17.8 Å². The summed E-state index contributed by atoms with van der Waals surface area (Å²) in [6.45, 7) is 4.21. The summed E-state index contributed by atoms with van der Waals surface area (Å²) in [6.07, 6.45) is 2.21. The Balaban J connectivity index is 2.12. The number of aromatic nitrogens is 5. The Labute approximate surface area is 120 Å². The van der Waals surface area contributed by atoms with Crippen LogP contribution in [0, 0.1) is 5.82 Å². The number of nitrogens with zero attached hydrogens (tertiary/aromatic N) is 4. The second-order valence-corrected chi connectivity index (χ2v) is 4.41. The van der Waals surface area contributed by atoms with Crippen molar-refractivity contribution >= 4 is 11.7 Å². The standard InChI is InChI=1S/C12H16FN7O/c1-3-5-14-11-9(13)8(4-6-15-11)12(21)16-7(2)10-17-19-20-18-10/h4,6-7H,3,5H2,1-2H3,(H,14,15)(H,16,21)(H,17,18,19,20). The fourth-order valence-electron chi connectivity index (χ4n) is 1.68. The number of hydrogen-bond donors (Lipinski definition) is 3. The number of H-pyrrole nitrogens is 1. The molecule has 21 heavy (non-hydrogen) atoms. The van der Waals surface area contributed by atoms with Gasteiger partial charge in [-0.3, -0.25) is 4.79 Å². The van der Waals surface area contributed by atoms with E-state index in [0.717, 1.165) is 6.42 Å². The number of halogens is 1. The van der Waals surface area contributed by atoms with Crippen LogP contribution >= 0.6 is 0 Å². The highest BCUT2D eigenvalue weighted by molar-refractivity contribution is 5.95. The largest absolute Gasteiger partial charge is 0.368 e. The molecule has 0 saturated heterocycles. The predicted octanol–water partition coefficient (Wildman–Crippen LogP) is 1.05. The summed E-state index contributed by atoms with van der Waals surface area (Å²) in [5.41, 5.74) is -0.0843. The number of amides is 1. The molecule has 2 heterocycles. The van der Waals surface area contributed by atoms with Crippen molar-refractivity contribution in [3.63, 3.8) is 0 Å². The Morgan fingerprint density at radius 3 is 3.00 bits per heavy atom. The lowest BCUT2D eigenvalue weighted by Crippen LogP contribution is -2.28. The van der Waals surface area contributed by atoms with E-state index >= 15 is 0 Å². The zero-order valence-corrected chi connectivity index (χ0v) is 11.7. The monoisotopic (exact) mass is 293 g/mol. The number of carbonyl (C=O) groups is 1. The topological polar surface area (TPSA) is 108 Å². The molecular weight excluding hydrogens is 277 g/mol. The van der Waals surface area contributed by atoms with Gasteiger partial charge in [0.15, 0.2) is 17.5 Å². The second kappa shape index (κ2) is 6.73. The Hall–Kier alpha value is -2.58. The molecule has 0 aliphatic heterocycles. The van der Waals surface area contributed by atoms with E-state index in [2.05, 4.69) is 36.2 Å². The molecule has 0 spiro atoms. The van der Waals surface area contributed by atoms with Crippen LogP contribution in [0.2, 0.25) is 0 Å². The average Bonchev–Trinajstić information content (AvgIpc) is 3.00. The van der Waals surface area contributed by atoms with Crippen molar-refractivity contribution in [2.75, 3.05) is 11.9 Å². The number of pyridine rings is 1. The summed E-state index contributed by atoms with van der Waals surface area (Å²) >= 11 is 0. The van der Waals surface area contributed by atoms with Crippen LogP contribution in [0.1, 0.15) is 42.5 Å². The maximum Gasteiger partial charge on any atom is 0.255 e. The van der Waals surface area contributed by atoms with E-state index in [1.165, 1.54) is 12.3 Å². The third-order valence-electron chi connectivity index (χ3n) is 2.77. The zero-order chi connectivity index (χ0) is 15.2. The highest BCUT2D eigenvalue weighted by Crippen LogP contribution is 2.16. The minimum absolute atomic E-state index is 0.0664. The summed E-state index contributed by atoms with van der Waals surface area (Å²) in [5.74, 6) is -0.852. The molecule has 8 nitrogen and oxygen atoms in total. The molecule has 112 valence electrons. The molecule has 0 bridgehead atoms. The predicted molar refractivity (Wildman–Crippen MR) is 73.0 cm³/mol. The Morgan fingerprint density at radius 2 is 2.33 bits per heavy atom. The molecule has 3 N–H and O–H groups in total. The molecule has 0 saturated carbocycles. The quantitative estimate of drug-likeness (QED) is 0.734. The fourth-order valence-corrected chi connectivity index (χ4v) is 1.68. The van der Waals surface area contributed by atoms with Gasteiger partial charge in [-0.2, -0.15) is 5.21 Å². The molecule has 0 aliphatic rings. The summed E-state index contributed by atoms with van der Waals surface area (Å²) in [4.78, 5) is 16.0. The van der Waals surface area contributed by atoms with Gasteiger partial charge >= 0.3 is 0 Å². The first-order valence-corrected chi connectivity index (χ1v) is 6.56. The number of nitrogens with one attached hydrogen (secondary N) is 3. The first-order valence-electron chi connectivity index (χ1n) is 6.56. The Morgan fingerprint density at radius 1 is 1.52 bits per heavy atom. The lowest BCUT2D eigenvalue weighted by Gasteiger charge is -2.12. The molecule has 0 radical (unpaired) electrons. The maximum atomic E-state index is 14.2. The van der Waals surface area contributed by atoms with Crippen molar-refractivity contribution in [2.24, 2.45) is 0 Å². The van der Waals surface area contributed by atoms with Crippen LogP contribution in [0.4, 0.5) is 10.2 Å². The smallest absolute Gasteiger partial charge is 0.255 e. The highest BCUT2D eigenvalue weighted by Gasteiger charge is 2.19. The van der Waals surface area contributed by atoms with Crippen molar-refractivity contribution in [2.45, 2.75) is 26.3 Å². The molecule has 1 amide bonds. The van der Waals surface area contributed by atoms with Crippen molar-refractivity contribution in [3.05, 3.63) is 29.5 Å². The van der Waals surface area contributed by atoms with Crippen LogP contribution in [0.15, 0.2) is 12.3 Å². The van der Waals surface area contributed by atoms with Crippen LogP contribution in [-0.2, 0) is 0 Å². The Kier molecular flexibility index (Phi) is 4.75. The van der Waals surface area contributed by atoms with Gasteiger partial charge in [0, 0.05) is 12.7 Å². The molecule has 0 aromatic carbocycles. The summed E-state index contributed by atoms with van der Waals surface area (Å²) in [6, 6.07) is 0.834. The van der Waals surface area contributed by atoms with Crippen molar-refractivity contribution in [3.8, 4) is 0 Å². The fraction of sp³-hybridized carbons (Fsp3) is 0.417. The normalized spacial score (nSPS) is 12.0. The number of carbonyl (C=O) groups excluding carboxylic acids is 1. The van der Waals surface area contributed by atoms with Gasteiger partial charge in [-0.15, -0.1) is 10.2 Å². The summed E-state index contributed by atoms with van der Waals surface area (Å²) in [5, 5.41) is 18.7. The highest BCUT2D eigenvalue weighted by atomic mass is 19.1. The molecular formula is C12H16FN7O. The molecule has 2 aromatic heterocycles. The Bertz CT molecular complexity index is 602. The third-order valence-corrected chi connectivity index (χ3v) is 2.77. The number of rotatable bonds is 6. The molecule has 9 heteroatoms. The van der Waals surface area contributed by atoms with E-state index in [0.29, 0.717) is 12.4 Å². The third kappa shape index (κ3) is 3.50. The van der Waals surface area contributed by atoms with E-state index in [1.54, 1.807) is 6.92 Å². The van der Waals surface area contributed by atoms with Crippen molar-refractivity contribution in [1.29, 1.82) is 0 Å². The minimum atomic E-state index is -0.677. The average molecular weight is 293 g/mol.